The van der Waals surface area contributed by atoms with Gasteiger partial charge in [0, 0.05) is 0 Å². The second kappa shape index (κ2) is 9.45. The van der Waals surface area contributed by atoms with Crippen LogP contribution in [0.5, 0.6) is 0 Å². The molecule has 0 radical (unpaired) electrons. The van der Waals surface area contributed by atoms with E-state index in [1.165, 1.54) is 0 Å². The van der Waals surface area contributed by atoms with Crippen molar-refractivity contribution in [3.8, 4) is 0 Å². The van der Waals surface area contributed by atoms with E-state index >= 15 is 0 Å². The molecule has 0 aromatic heterocycles. The van der Waals surface area contributed by atoms with Gasteiger partial charge in [-0.2, -0.15) is 0 Å². The number of benzene rings is 1. The molecule has 0 saturated heterocycles. The van der Waals surface area contributed by atoms with E-state index in [0.29, 0.717) is 6.42 Å². The molecule has 33 heavy (non-hydrogen) atoms. The van der Waals surface area contributed by atoms with E-state index in [1.807, 2.05) is 30.3 Å². The number of rotatable bonds is 7. The van der Waals surface area contributed by atoms with Gasteiger partial charge in [0.05, 0.1) is 0 Å². The Balaban J connectivity index is 1.97. The topological polar surface area (TPSA) is 52.6 Å². The first kappa shape index (κ1) is 26.4. The average molecular weight is 536 g/mol. The zero-order valence-corrected chi connectivity index (χ0v) is 24.0. The molecule has 4 nitrogen and oxygen atoms in total. The van der Waals surface area contributed by atoms with Gasteiger partial charge < -0.3 is 0 Å². The van der Waals surface area contributed by atoms with Gasteiger partial charge in [0.15, 0.2) is 0 Å². The van der Waals surface area contributed by atoms with Crippen LogP contribution >= 0.6 is 0 Å². The van der Waals surface area contributed by atoms with E-state index in [2.05, 4.69) is 54.3 Å². The van der Waals surface area contributed by atoms with E-state index in [1.54, 1.807) is 6.08 Å². The third kappa shape index (κ3) is 4.69. The van der Waals surface area contributed by atoms with Crippen LogP contribution in [0.25, 0.3) is 0 Å². The molecular weight excluding hydrogens is 495 g/mol. The Morgan fingerprint density at radius 1 is 1.24 bits per heavy atom. The molecule has 2 aliphatic rings. The van der Waals surface area contributed by atoms with Crippen LogP contribution in [0.2, 0.25) is 22.4 Å². The van der Waals surface area contributed by atoms with Crippen molar-refractivity contribution >= 4 is 39.5 Å². The minimum absolute atomic E-state index is 0.0420. The van der Waals surface area contributed by atoms with Gasteiger partial charge in [-0.05, 0) is 0 Å². The molecule has 5 atom stereocenters. The summed E-state index contributed by atoms with van der Waals surface area (Å²) in [5.41, 5.74) is -0.588. The van der Waals surface area contributed by atoms with Crippen molar-refractivity contribution in [2.24, 2.45) is 17.3 Å². The predicted molar refractivity (Wildman–Crippen MR) is 137 cm³/mol. The average Bonchev–Trinajstić information content (AvgIpc) is 2.97. The van der Waals surface area contributed by atoms with Crippen LogP contribution in [0.4, 0.5) is 0 Å². The third-order valence-electron chi connectivity index (χ3n) is 8.49. The first-order chi connectivity index (χ1) is 15.3. The quantitative estimate of drug-likeness (QED) is 0.205. The zero-order chi connectivity index (χ0) is 24.7. The van der Waals surface area contributed by atoms with Crippen molar-refractivity contribution in [1.29, 1.82) is 0 Å². The van der Waals surface area contributed by atoms with Gasteiger partial charge in [-0.1, -0.05) is 0 Å². The number of carbonyl (C=O) groups is 2. The summed E-state index contributed by atoms with van der Waals surface area (Å²) in [6.07, 6.45) is 4.04. The van der Waals surface area contributed by atoms with Gasteiger partial charge in [0.2, 0.25) is 0 Å². The normalized spacial score (nSPS) is 32.3. The summed E-state index contributed by atoms with van der Waals surface area (Å²) in [6.45, 7) is 19.4. The van der Waals surface area contributed by atoms with E-state index < -0.39 is 18.0 Å². The van der Waals surface area contributed by atoms with Gasteiger partial charge in [-0.25, -0.2) is 0 Å². The van der Waals surface area contributed by atoms with E-state index in [-0.39, 0.29) is 56.3 Å². The zero-order valence-electron chi connectivity index (χ0n) is 21.3. The number of carbonyl (C=O) groups excluding carboxylic acids is 2. The molecule has 0 aliphatic heterocycles. The molecule has 0 amide bonds. The second-order valence-corrected chi connectivity index (χ2v) is 19.1. The molecule has 0 bridgehead atoms. The fraction of sp³-hybridized carbons (Fsp3) is 0.630. The maximum atomic E-state index is 14.4. The van der Waals surface area contributed by atoms with Crippen LogP contribution in [-0.2, 0) is 18.8 Å². The Bertz CT molecular complexity index is 893. The SMILES string of the molecule is C=CCOC(=O)C1([Se]c2ccccc2)C[C@H]2CC[C@H](O[Si](C)(C)C(C)(C)C)[C@@H](C)[C@@]2(C)C1=O. The molecule has 2 fully saturated rings. The standard InChI is InChI=1S/C27H40O4SeSi/c1-9-17-30-24(29)27(32-21-13-11-10-12-14-21)18-20-15-16-22(19(2)26(20,6)23(27)28)31-33(7,8)25(3,4)5/h9-14,19-20,22H,1,15-18H2,2-8H3/t19-,20-,22+,26-,27?/m1/s1. The molecule has 0 spiro atoms. The van der Waals surface area contributed by atoms with Crippen LogP contribution in [0.1, 0.15) is 53.9 Å². The van der Waals surface area contributed by atoms with Crippen molar-refractivity contribution in [3.63, 3.8) is 0 Å². The molecule has 2 saturated carbocycles. The number of ketones is 1. The molecule has 182 valence electrons. The Morgan fingerprint density at radius 2 is 1.88 bits per heavy atom. The van der Waals surface area contributed by atoms with Crippen molar-refractivity contribution < 1.29 is 18.8 Å². The van der Waals surface area contributed by atoms with Gasteiger partial charge in [0.1, 0.15) is 0 Å². The first-order valence-electron chi connectivity index (χ1n) is 12.0. The number of hydrogen-bond acceptors (Lipinski definition) is 4. The molecule has 3 rings (SSSR count). The number of Topliss-reactive ketones (excluding diaryl/α,β-unsaturated/α-hetero) is 1. The van der Waals surface area contributed by atoms with Crippen LogP contribution in [0.3, 0.4) is 0 Å². The predicted octanol–water partition coefficient (Wildman–Crippen LogP) is 5.32. The molecular formula is C27H40O4SeSi. The van der Waals surface area contributed by atoms with Crippen LogP contribution < -0.4 is 4.46 Å². The molecule has 0 heterocycles. The Hall–Kier alpha value is -1.20. The van der Waals surface area contributed by atoms with E-state index in [9.17, 15) is 9.59 Å². The van der Waals surface area contributed by atoms with Gasteiger partial charge in [-0.3, -0.25) is 0 Å². The summed E-state index contributed by atoms with van der Waals surface area (Å²) in [5.74, 6) is -0.0884. The van der Waals surface area contributed by atoms with Crippen molar-refractivity contribution in [2.75, 3.05) is 6.61 Å². The van der Waals surface area contributed by atoms with Crippen molar-refractivity contribution in [1.82, 2.24) is 0 Å². The molecule has 0 N–H and O–H groups in total. The summed E-state index contributed by atoms with van der Waals surface area (Å²) < 4.78 is 12.4. The van der Waals surface area contributed by atoms with Crippen LogP contribution in [-0.4, -0.2) is 47.7 Å². The number of esters is 1. The van der Waals surface area contributed by atoms with E-state index in [0.717, 1.165) is 17.3 Å². The summed E-state index contributed by atoms with van der Waals surface area (Å²) in [6, 6.07) is 9.95. The number of fused-ring (bicyclic) bond motifs is 1. The van der Waals surface area contributed by atoms with Crippen molar-refractivity contribution in [2.45, 2.75) is 82.4 Å². The summed E-state index contributed by atoms with van der Waals surface area (Å²) in [7, 11) is -1.98. The molecule has 1 unspecified atom stereocenters. The summed E-state index contributed by atoms with van der Waals surface area (Å²) >= 11 is -0.348. The first-order valence-corrected chi connectivity index (χ1v) is 16.7. The number of ether oxygens (including phenoxy) is 1. The maximum absolute atomic E-state index is 14.4. The molecule has 1 aromatic rings. The minimum atomic E-state index is -1.98. The van der Waals surface area contributed by atoms with Gasteiger partial charge in [0.25, 0.3) is 0 Å². The monoisotopic (exact) mass is 536 g/mol. The third-order valence-corrected chi connectivity index (χ3v) is 15.9. The summed E-state index contributed by atoms with van der Waals surface area (Å²) in [4.78, 5) is 27.8. The Labute approximate surface area is 207 Å². The van der Waals surface area contributed by atoms with Gasteiger partial charge in [-0.15, -0.1) is 0 Å². The number of hydrogen-bond donors (Lipinski definition) is 0. The molecule has 2 aliphatic carbocycles. The molecule has 1 aromatic carbocycles. The fourth-order valence-electron chi connectivity index (χ4n) is 5.22. The Morgan fingerprint density at radius 3 is 2.45 bits per heavy atom. The Kier molecular flexibility index (Phi) is 7.56. The van der Waals surface area contributed by atoms with Crippen LogP contribution in [0, 0.1) is 17.3 Å². The van der Waals surface area contributed by atoms with Crippen molar-refractivity contribution in [3.05, 3.63) is 43.0 Å². The summed E-state index contributed by atoms with van der Waals surface area (Å²) in [5, 5.41) is 0.110. The second-order valence-electron chi connectivity index (χ2n) is 11.4. The van der Waals surface area contributed by atoms with Crippen LogP contribution in [0.15, 0.2) is 43.0 Å². The van der Waals surface area contributed by atoms with E-state index in [4.69, 9.17) is 9.16 Å². The fourth-order valence-corrected chi connectivity index (χ4v) is 9.66. The molecule has 6 heteroatoms. The van der Waals surface area contributed by atoms with Gasteiger partial charge >= 0.3 is 208 Å².